The van der Waals surface area contributed by atoms with Crippen LogP contribution in [0.4, 0.5) is 10.1 Å². The molecule has 0 N–H and O–H groups in total. The molecule has 0 atom stereocenters. The Labute approximate surface area is 139 Å². The summed E-state index contributed by atoms with van der Waals surface area (Å²) in [5.74, 6) is -0.703. The maximum atomic E-state index is 13.4. The molecular weight excluding hydrogens is 329 g/mol. The van der Waals surface area contributed by atoms with E-state index in [-0.39, 0.29) is 11.4 Å². The standard InChI is InChI=1S/C17H14FN3O2S/c18-15-10-17(12-20-11-15)24(22,23)21(16-6-8-19-9-7-16)13-14-4-2-1-3-5-14/h1-12H,13H2. The summed E-state index contributed by atoms with van der Waals surface area (Å²) >= 11 is 0. The normalized spacial score (nSPS) is 11.2. The summed E-state index contributed by atoms with van der Waals surface area (Å²) in [6.45, 7) is 0.115. The fourth-order valence-corrected chi connectivity index (χ4v) is 3.66. The van der Waals surface area contributed by atoms with Gasteiger partial charge in [0.25, 0.3) is 10.0 Å². The maximum absolute atomic E-state index is 13.4. The van der Waals surface area contributed by atoms with Gasteiger partial charge in [0.15, 0.2) is 0 Å². The van der Waals surface area contributed by atoms with E-state index in [1.807, 2.05) is 30.3 Å². The van der Waals surface area contributed by atoms with Gasteiger partial charge in [-0.2, -0.15) is 0 Å². The molecule has 2 heterocycles. The molecule has 122 valence electrons. The van der Waals surface area contributed by atoms with Crippen molar-refractivity contribution < 1.29 is 12.8 Å². The van der Waals surface area contributed by atoms with E-state index < -0.39 is 15.8 Å². The van der Waals surface area contributed by atoms with Crippen molar-refractivity contribution >= 4 is 15.7 Å². The molecular formula is C17H14FN3O2S. The summed E-state index contributed by atoms with van der Waals surface area (Å²) in [5, 5.41) is 0. The highest BCUT2D eigenvalue weighted by Crippen LogP contribution is 2.25. The second-order valence-electron chi connectivity index (χ2n) is 5.04. The van der Waals surface area contributed by atoms with Gasteiger partial charge in [0, 0.05) is 18.6 Å². The topological polar surface area (TPSA) is 63.2 Å². The summed E-state index contributed by atoms with van der Waals surface area (Å²) in [6.07, 6.45) is 5.12. The van der Waals surface area contributed by atoms with Gasteiger partial charge in [-0.05, 0) is 23.8 Å². The van der Waals surface area contributed by atoms with Crippen LogP contribution >= 0.6 is 0 Å². The van der Waals surface area contributed by atoms with Crippen LogP contribution in [0.1, 0.15) is 5.56 Å². The summed E-state index contributed by atoms with van der Waals surface area (Å²) in [4.78, 5) is 7.35. The number of pyridine rings is 2. The predicted molar refractivity (Wildman–Crippen MR) is 88.2 cm³/mol. The van der Waals surface area contributed by atoms with Crippen molar-refractivity contribution in [3.05, 3.63) is 84.7 Å². The van der Waals surface area contributed by atoms with Crippen molar-refractivity contribution in [1.29, 1.82) is 0 Å². The fraction of sp³-hybridized carbons (Fsp3) is 0.0588. The van der Waals surface area contributed by atoms with E-state index in [0.717, 1.165) is 24.0 Å². The molecule has 0 aliphatic rings. The second-order valence-corrected chi connectivity index (χ2v) is 6.90. The molecule has 2 aromatic heterocycles. The molecule has 0 radical (unpaired) electrons. The molecule has 7 heteroatoms. The number of benzene rings is 1. The number of nitrogens with zero attached hydrogens (tertiary/aromatic N) is 3. The van der Waals surface area contributed by atoms with Crippen LogP contribution in [0.5, 0.6) is 0 Å². The first kappa shape index (κ1) is 16.1. The van der Waals surface area contributed by atoms with Crippen molar-refractivity contribution in [1.82, 2.24) is 9.97 Å². The third kappa shape index (κ3) is 3.41. The van der Waals surface area contributed by atoms with Crippen molar-refractivity contribution in [2.75, 3.05) is 4.31 Å². The zero-order valence-corrected chi connectivity index (χ0v) is 13.4. The van der Waals surface area contributed by atoms with Crippen molar-refractivity contribution in [2.24, 2.45) is 0 Å². The lowest BCUT2D eigenvalue weighted by atomic mass is 10.2. The van der Waals surface area contributed by atoms with Gasteiger partial charge in [-0.3, -0.25) is 14.3 Å². The summed E-state index contributed by atoms with van der Waals surface area (Å²) in [7, 11) is -3.97. The van der Waals surface area contributed by atoms with Gasteiger partial charge >= 0.3 is 0 Å². The Bertz CT molecular complexity index is 919. The number of halogens is 1. The Hall–Kier alpha value is -2.80. The maximum Gasteiger partial charge on any atom is 0.266 e. The van der Waals surface area contributed by atoms with E-state index >= 15 is 0 Å². The predicted octanol–water partition coefficient (Wildman–Crippen LogP) is 3.01. The monoisotopic (exact) mass is 343 g/mol. The molecule has 1 aromatic carbocycles. The third-order valence-electron chi connectivity index (χ3n) is 3.39. The Balaban J connectivity index is 2.07. The van der Waals surface area contributed by atoms with Gasteiger partial charge in [0.2, 0.25) is 0 Å². The van der Waals surface area contributed by atoms with Gasteiger partial charge in [0.05, 0.1) is 18.4 Å². The van der Waals surface area contributed by atoms with Gasteiger partial charge in [-0.25, -0.2) is 12.8 Å². The minimum atomic E-state index is -3.97. The first-order chi connectivity index (χ1) is 11.6. The molecule has 5 nitrogen and oxygen atoms in total. The molecule has 0 saturated carbocycles. The molecule has 3 rings (SSSR count). The van der Waals surface area contributed by atoms with E-state index in [4.69, 9.17) is 0 Å². The summed E-state index contributed by atoms with van der Waals surface area (Å²) in [6, 6.07) is 13.3. The molecule has 0 aliphatic carbocycles. The van der Waals surface area contributed by atoms with Crippen LogP contribution in [-0.2, 0) is 16.6 Å². The van der Waals surface area contributed by atoms with E-state index in [1.54, 1.807) is 12.1 Å². The highest BCUT2D eigenvalue weighted by molar-refractivity contribution is 7.92. The molecule has 0 bridgehead atoms. The average Bonchev–Trinajstić information content (AvgIpc) is 2.61. The van der Waals surface area contributed by atoms with E-state index in [1.165, 1.54) is 16.7 Å². The minimum absolute atomic E-state index is 0.115. The zero-order valence-electron chi connectivity index (χ0n) is 12.6. The van der Waals surface area contributed by atoms with Crippen LogP contribution in [0.25, 0.3) is 0 Å². The number of anilines is 1. The third-order valence-corrected chi connectivity index (χ3v) is 5.13. The summed E-state index contributed by atoms with van der Waals surface area (Å²) < 4.78 is 40.6. The molecule has 0 saturated heterocycles. The Morgan fingerprint density at radius 1 is 0.958 bits per heavy atom. The molecule has 0 spiro atoms. The van der Waals surface area contributed by atoms with Crippen LogP contribution in [0.2, 0.25) is 0 Å². The van der Waals surface area contributed by atoms with Gasteiger partial charge in [-0.15, -0.1) is 0 Å². The average molecular weight is 343 g/mol. The van der Waals surface area contributed by atoms with Crippen molar-refractivity contribution in [2.45, 2.75) is 11.4 Å². The molecule has 0 unspecified atom stereocenters. The van der Waals surface area contributed by atoms with Crippen LogP contribution in [0.15, 0.2) is 78.2 Å². The highest BCUT2D eigenvalue weighted by Gasteiger charge is 2.26. The molecule has 0 amide bonds. The number of aromatic nitrogens is 2. The van der Waals surface area contributed by atoms with Crippen LogP contribution < -0.4 is 4.31 Å². The van der Waals surface area contributed by atoms with E-state index in [2.05, 4.69) is 9.97 Å². The quantitative estimate of drug-likeness (QED) is 0.714. The van der Waals surface area contributed by atoms with Crippen molar-refractivity contribution in [3.63, 3.8) is 0 Å². The largest absolute Gasteiger partial charge is 0.266 e. The number of hydrogen-bond donors (Lipinski definition) is 0. The lowest BCUT2D eigenvalue weighted by Crippen LogP contribution is -2.30. The van der Waals surface area contributed by atoms with Crippen LogP contribution in [0, 0.1) is 5.82 Å². The lowest BCUT2D eigenvalue weighted by molar-refractivity contribution is 0.583. The first-order valence-electron chi connectivity index (χ1n) is 7.14. The smallest absolute Gasteiger partial charge is 0.265 e. The molecule has 3 aromatic rings. The zero-order chi connectivity index (χ0) is 17.0. The minimum Gasteiger partial charge on any atom is -0.265 e. The Morgan fingerprint density at radius 3 is 2.33 bits per heavy atom. The van der Waals surface area contributed by atoms with Gasteiger partial charge < -0.3 is 0 Å². The van der Waals surface area contributed by atoms with E-state index in [9.17, 15) is 12.8 Å². The van der Waals surface area contributed by atoms with Gasteiger partial charge in [0.1, 0.15) is 10.7 Å². The van der Waals surface area contributed by atoms with E-state index in [0.29, 0.717) is 5.69 Å². The Morgan fingerprint density at radius 2 is 1.67 bits per heavy atom. The number of hydrogen-bond acceptors (Lipinski definition) is 4. The fourth-order valence-electron chi connectivity index (χ4n) is 2.24. The van der Waals surface area contributed by atoms with Crippen LogP contribution in [0.3, 0.4) is 0 Å². The van der Waals surface area contributed by atoms with Gasteiger partial charge in [-0.1, -0.05) is 30.3 Å². The Kier molecular flexibility index (Phi) is 4.52. The first-order valence-corrected chi connectivity index (χ1v) is 8.58. The van der Waals surface area contributed by atoms with Crippen LogP contribution in [-0.4, -0.2) is 18.4 Å². The van der Waals surface area contributed by atoms with Crippen molar-refractivity contribution in [3.8, 4) is 0 Å². The molecule has 0 fully saturated rings. The molecule has 24 heavy (non-hydrogen) atoms. The summed E-state index contributed by atoms with van der Waals surface area (Å²) in [5.41, 5.74) is 1.25. The SMILES string of the molecule is O=S(=O)(c1cncc(F)c1)N(Cc1ccccc1)c1ccncc1. The second kappa shape index (κ2) is 6.76. The number of sulfonamides is 1. The highest BCUT2D eigenvalue weighted by atomic mass is 32.2. The number of rotatable bonds is 5. The lowest BCUT2D eigenvalue weighted by Gasteiger charge is -2.24. The molecule has 0 aliphatic heterocycles.